The molecule has 1 heterocycles. The Kier molecular flexibility index (Phi) is 5.45. The Morgan fingerprint density at radius 1 is 1.59 bits per heavy atom. The van der Waals surface area contributed by atoms with Crippen molar-refractivity contribution >= 4 is 5.97 Å². The van der Waals surface area contributed by atoms with E-state index in [1.807, 2.05) is 6.92 Å². The molecule has 0 saturated heterocycles. The van der Waals surface area contributed by atoms with Crippen LogP contribution in [0.4, 0.5) is 0 Å². The molecule has 1 N–H and O–H groups in total. The number of aryl methyl sites for hydroxylation is 1. The molecule has 0 amide bonds. The molecule has 1 unspecified atom stereocenters. The summed E-state index contributed by atoms with van der Waals surface area (Å²) >= 11 is 0. The second-order valence-electron chi connectivity index (χ2n) is 3.55. The minimum Gasteiger partial charge on any atom is -0.466 e. The molecule has 0 spiro atoms. The summed E-state index contributed by atoms with van der Waals surface area (Å²) in [5.74, 6) is 0.920. The number of carbonyl (C=O) groups is 1. The van der Waals surface area contributed by atoms with Crippen molar-refractivity contribution in [2.45, 2.75) is 25.9 Å². The van der Waals surface area contributed by atoms with Crippen molar-refractivity contribution < 1.29 is 24.1 Å². The Morgan fingerprint density at radius 3 is 2.88 bits per heavy atom. The Bertz CT molecular complexity index is 380. The summed E-state index contributed by atoms with van der Waals surface area (Å²) in [5, 5.41) is 8.77. The van der Waals surface area contributed by atoms with Crippen LogP contribution in [0.5, 0.6) is 0 Å². The lowest BCUT2D eigenvalue weighted by Gasteiger charge is -2.08. The molecule has 5 heteroatoms. The average Bonchev–Trinajstić information content (AvgIpc) is 2.75. The number of furan rings is 1. The molecule has 0 saturated carbocycles. The summed E-state index contributed by atoms with van der Waals surface area (Å²) in [6, 6.07) is 3.55. The molecule has 0 aliphatic rings. The molecular formula is C12H16O5. The zero-order chi connectivity index (χ0) is 12.7. The third-order valence-corrected chi connectivity index (χ3v) is 2.26. The van der Waals surface area contributed by atoms with E-state index in [4.69, 9.17) is 9.67 Å². The van der Waals surface area contributed by atoms with Gasteiger partial charge in [-0.3, -0.25) is 5.26 Å². The third-order valence-electron chi connectivity index (χ3n) is 2.26. The summed E-state index contributed by atoms with van der Waals surface area (Å²) < 4.78 is 9.78. The summed E-state index contributed by atoms with van der Waals surface area (Å²) in [6.45, 7) is 1.81. The van der Waals surface area contributed by atoms with E-state index in [2.05, 4.69) is 9.62 Å². The van der Waals surface area contributed by atoms with Gasteiger partial charge < -0.3 is 9.15 Å². The van der Waals surface area contributed by atoms with Crippen molar-refractivity contribution in [2.75, 3.05) is 7.11 Å². The van der Waals surface area contributed by atoms with E-state index in [9.17, 15) is 4.79 Å². The average molecular weight is 240 g/mol. The van der Waals surface area contributed by atoms with E-state index >= 15 is 0 Å². The topological polar surface area (TPSA) is 68.9 Å². The highest BCUT2D eigenvalue weighted by Gasteiger charge is 2.14. The van der Waals surface area contributed by atoms with Gasteiger partial charge in [-0.05, 0) is 31.9 Å². The van der Waals surface area contributed by atoms with Gasteiger partial charge in [0.15, 0.2) is 6.10 Å². The van der Waals surface area contributed by atoms with Crippen molar-refractivity contribution in [1.29, 1.82) is 0 Å². The first kappa shape index (κ1) is 13.5. The number of methoxy groups -OCH3 is 1. The first-order valence-electron chi connectivity index (χ1n) is 5.28. The number of carbonyl (C=O) groups excluding carboxylic acids is 1. The number of rotatable bonds is 6. The molecule has 0 radical (unpaired) electrons. The van der Waals surface area contributed by atoms with Gasteiger partial charge in [0.1, 0.15) is 11.5 Å². The van der Waals surface area contributed by atoms with Gasteiger partial charge in [0.25, 0.3) is 0 Å². The van der Waals surface area contributed by atoms with Crippen molar-refractivity contribution in [1.82, 2.24) is 0 Å². The highest BCUT2D eigenvalue weighted by atomic mass is 17.1. The maximum atomic E-state index is 10.8. The van der Waals surface area contributed by atoms with Crippen molar-refractivity contribution in [3.05, 3.63) is 35.8 Å². The zero-order valence-electron chi connectivity index (χ0n) is 9.88. The van der Waals surface area contributed by atoms with E-state index in [0.29, 0.717) is 18.6 Å². The van der Waals surface area contributed by atoms with E-state index in [0.717, 1.165) is 5.76 Å². The summed E-state index contributed by atoms with van der Waals surface area (Å²) in [7, 11) is 1.32. The van der Waals surface area contributed by atoms with Crippen LogP contribution >= 0.6 is 0 Å². The fourth-order valence-electron chi connectivity index (χ4n) is 1.37. The van der Waals surface area contributed by atoms with Crippen LogP contribution in [-0.4, -0.2) is 18.3 Å². The highest BCUT2D eigenvalue weighted by Crippen LogP contribution is 2.23. The van der Waals surface area contributed by atoms with Crippen molar-refractivity contribution in [3.63, 3.8) is 0 Å². The Balaban J connectivity index is 2.43. The van der Waals surface area contributed by atoms with Gasteiger partial charge in [-0.25, -0.2) is 9.68 Å². The van der Waals surface area contributed by atoms with Crippen LogP contribution in [-0.2, 0) is 14.4 Å². The molecule has 0 aliphatic carbocycles. The van der Waals surface area contributed by atoms with Gasteiger partial charge in [-0.1, -0.05) is 6.08 Å². The molecule has 1 atom stereocenters. The standard InChI is InChI=1S/C12H16O5/c1-9-7-8-10(16-9)11(17-14)5-3-4-6-12(13)15-2/h4,6-8,11,14H,3,5H2,1-2H3/b6-4+. The van der Waals surface area contributed by atoms with Gasteiger partial charge >= 0.3 is 5.97 Å². The number of esters is 1. The van der Waals surface area contributed by atoms with Crippen LogP contribution in [0.15, 0.2) is 28.7 Å². The maximum absolute atomic E-state index is 10.8. The molecule has 1 aromatic rings. The quantitative estimate of drug-likeness (QED) is 0.358. The lowest BCUT2D eigenvalue weighted by atomic mass is 10.1. The van der Waals surface area contributed by atoms with Gasteiger partial charge in [0.2, 0.25) is 0 Å². The molecule has 0 bridgehead atoms. The highest BCUT2D eigenvalue weighted by molar-refractivity contribution is 5.81. The molecule has 0 aromatic carbocycles. The lowest BCUT2D eigenvalue weighted by molar-refractivity contribution is -0.286. The van der Waals surface area contributed by atoms with E-state index in [1.54, 1.807) is 18.2 Å². The molecule has 1 aromatic heterocycles. The summed E-state index contributed by atoms with van der Waals surface area (Å²) in [4.78, 5) is 15.1. The van der Waals surface area contributed by atoms with Crippen LogP contribution in [0.25, 0.3) is 0 Å². The SMILES string of the molecule is COC(=O)/C=C/CCC(OO)c1ccc(C)o1. The number of allylic oxidation sites excluding steroid dienone is 1. The largest absolute Gasteiger partial charge is 0.466 e. The monoisotopic (exact) mass is 240 g/mol. The van der Waals surface area contributed by atoms with Gasteiger partial charge in [-0.2, -0.15) is 0 Å². The maximum Gasteiger partial charge on any atom is 0.330 e. The lowest BCUT2D eigenvalue weighted by Crippen LogP contribution is -2.00. The second kappa shape index (κ2) is 6.88. The van der Waals surface area contributed by atoms with E-state index in [-0.39, 0.29) is 0 Å². The molecule has 0 fully saturated rings. The number of ether oxygens (including phenoxy) is 1. The third kappa shape index (κ3) is 4.42. The van der Waals surface area contributed by atoms with Gasteiger partial charge in [0.05, 0.1) is 7.11 Å². The minimum atomic E-state index is -0.522. The molecule has 1 rings (SSSR count). The second-order valence-corrected chi connectivity index (χ2v) is 3.55. The Morgan fingerprint density at radius 2 is 2.35 bits per heavy atom. The van der Waals surface area contributed by atoms with E-state index in [1.165, 1.54) is 13.2 Å². The molecule has 5 nitrogen and oxygen atoms in total. The predicted octanol–water partition coefficient (Wildman–Crippen LogP) is 2.63. The Labute approximate surface area is 99.6 Å². The molecular weight excluding hydrogens is 224 g/mol. The summed E-state index contributed by atoms with van der Waals surface area (Å²) in [6.07, 6.45) is 3.55. The van der Waals surface area contributed by atoms with E-state index < -0.39 is 12.1 Å². The van der Waals surface area contributed by atoms with Crippen LogP contribution in [0.1, 0.15) is 30.5 Å². The van der Waals surface area contributed by atoms with Crippen molar-refractivity contribution in [2.24, 2.45) is 0 Å². The molecule has 94 valence electrons. The minimum absolute atomic E-state index is 0.402. The van der Waals surface area contributed by atoms with Crippen molar-refractivity contribution in [3.8, 4) is 0 Å². The first-order chi connectivity index (χ1) is 8.17. The van der Waals surface area contributed by atoms with Crippen LogP contribution < -0.4 is 0 Å². The first-order valence-corrected chi connectivity index (χ1v) is 5.28. The number of hydrogen-bond acceptors (Lipinski definition) is 5. The molecule has 0 aliphatic heterocycles. The van der Waals surface area contributed by atoms with Crippen LogP contribution in [0, 0.1) is 6.92 Å². The van der Waals surface area contributed by atoms with Crippen LogP contribution in [0.3, 0.4) is 0 Å². The fourth-order valence-corrected chi connectivity index (χ4v) is 1.37. The zero-order valence-corrected chi connectivity index (χ0v) is 9.88. The summed E-state index contributed by atoms with van der Waals surface area (Å²) in [5.41, 5.74) is 0. The fraction of sp³-hybridized carbons (Fsp3) is 0.417. The van der Waals surface area contributed by atoms with Gasteiger partial charge in [0, 0.05) is 6.08 Å². The molecule has 17 heavy (non-hydrogen) atoms. The number of hydrogen-bond donors (Lipinski definition) is 1. The smallest absolute Gasteiger partial charge is 0.330 e. The van der Waals surface area contributed by atoms with Crippen LogP contribution in [0.2, 0.25) is 0 Å². The van der Waals surface area contributed by atoms with Gasteiger partial charge in [-0.15, -0.1) is 0 Å². The normalized spacial score (nSPS) is 12.9. The predicted molar refractivity (Wildman–Crippen MR) is 60.3 cm³/mol. The Hall–Kier alpha value is -1.59.